The summed E-state index contributed by atoms with van der Waals surface area (Å²) in [5, 5.41) is 0. The molecule has 0 radical (unpaired) electrons. The van der Waals surface area contributed by atoms with Crippen molar-refractivity contribution in [3.8, 4) is 5.75 Å². The second-order valence-corrected chi connectivity index (χ2v) is 8.28. The van der Waals surface area contributed by atoms with Gasteiger partial charge in [-0.1, -0.05) is 0 Å². The predicted octanol–water partition coefficient (Wildman–Crippen LogP) is 2.84. The van der Waals surface area contributed by atoms with Crippen LogP contribution in [0.3, 0.4) is 0 Å². The highest BCUT2D eigenvalue weighted by Crippen LogP contribution is 2.35. The van der Waals surface area contributed by atoms with E-state index >= 15 is 0 Å². The van der Waals surface area contributed by atoms with Gasteiger partial charge in [0.2, 0.25) is 0 Å². The molecule has 0 heterocycles. The minimum absolute atomic E-state index is 0.0224. The Morgan fingerprint density at radius 3 is 2.15 bits per heavy atom. The van der Waals surface area contributed by atoms with Crippen molar-refractivity contribution < 1.29 is 17.9 Å². The van der Waals surface area contributed by atoms with Crippen LogP contribution in [0.1, 0.15) is 38.3 Å². The number of carbonyl (C=O) groups excluding carboxylic acids is 1. The molecule has 1 rings (SSSR count). The van der Waals surface area contributed by atoms with E-state index in [0.717, 1.165) is 11.1 Å². The van der Waals surface area contributed by atoms with Crippen molar-refractivity contribution in [3.05, 3.63) is 23.3 Å². The van der Waals surface area contributed by atoms with Crippen molar-refractivity contribution in [1.82, 2.24) is 0 Å². The van der Waals surface area contributed by atoms with E-state index in [9.17, 15) is 13.2 Å². The summed E-state index contributed by atoms with van der Waals surface area (Å²) in [5.41, 5.74) is 1.84. The standard InChI is InChI=1S/C15H22O4S/c1-10-7-13(19-6)14(8-11(10)2)20(17,18)15(4,5)9-12(3)16/h7-8H,9H2,1-6H3. The number of rotatable bonds is 5. The van der Waals surface area contributed by atoms with E-state index in [1.54, 1.807) is 26.0 Å². The van der Waals surface area contributed by atoms with E-state index in [1.807, 2.05) is 13.8 Å². The lowest BCUT2D eigenvalue weighted by molar-refractivity contribution is -0.117. The Morgan fingerprint density at radius 2 is 1.70 bits per heavy atom. The molecule has 4 nitrogen and oxygen atoms in total. The SMILES string of the molecule is COc1cc(C)c(C)cc1S(=O)(=O)C(C)(C)CC(C)=O. The Hall–Kier alpha value is -1.36. The number of benzene rings is 1. The van der Waals surface area contributed by atoms with Crippen molar-refractivity contribution in [2.75, 3.05) is 7.11 Å². The Balaban J connectivity index is 3.50. The second-order valence-electron chi connectivity index (χ2n) is 5.73. The van der Waals surface area contributed by atoms with Crippen LogP contribution >= 0.6 is 0 Å². The summed E-state index contributed by atoms with van der Waals surface area (Å²) >= 11 is 0. The van der Waals surface area contributed by atoms with Crippen LogP contribution in [0.15, 0.2) is 17.0 Å². The summed E-state index contributed by atoms with van der Waals surface area (Å²) in [4.78, 5) is 11.5. The number of hydrogen-bond acceptors (Lipinski definition) is 4. The number of hydrogen-bond donors (Lipinski definition) is 0. The Labute approximate surface area is 121 Å². The highest BCUT2D eigenvalue weighted by molar-refractivity contribution is 7.93. The Bertz CT molecular complexity index is 628. The molecule has 0 amide bonds. The summed E-state index contributed by atoms with van der Waals surface area (Å²) in [6.07, 6.45) is -0.0224. The van der Waals surface area contributed by atoms with Crippen LogP contribution in [0, 0.1) is 13.8 Å². The first-order valence-electron chi connectivity index (χ1n) is 6.42. The van der Waals surface area contributed by atoms with Crippen molar-refractivity contribution in [3.63, 3.8) is 0 Å². The summed E-state index contributed by atoms with van der Waals surface area (Å²) in [5.74, 6) is 0.172. The molecule has 1 aromatic rings. The van der Waals surface area contributed by atoms with E-state index in [-0.39, 0.29) is 17.1 Å². The van der Waals surface area contributed by atoms with Crippen LogP contribution in [0.4, 0.5) is 0 Å². The fourth-order valence-corrected chi connectivity index (χ4v) is 3.85. The third-order valence-electron chi connectivity index (χ3n) is 3.47. The summed E-state index contributed by atoms with van der Waals surface area (Å²) in [6, 6.07) is 3.33. The first-order valence-corrected chi connectivity index (χ1v) is 7.90. The molecule has 0 spiro atoms. The third-order valence-corrected chi connectivity index (χ3v) is 5.97. The van der Waals surface area contributed by atoms with Gasteiger partial charge in [-0.25, -0.2) is 8.42 Å². The maximum atomic E-state index is 12.8. The summed E-state index contributed by atoms with van der Waals surface area (Å²) in [6.45, 7) is 8.28. The molecule has 0 fully saturated rings. The molecule has 0 aromatic heterocycles. The summed E-state index contributed by atoms with van der Waals surface area (Å²) < 4.78 is 29.6. The molecule has 0 bridgehead atoms. The monoisotopic (exact) mass is 298 g/mol. The van der Waals surface area contributed by atoms with Crippen molar-refractivity contribution in [1.29, 1.82) is 0 Å². The second kappa shape index (κ2) is 5.56. The average Bonchev–Trinajstić information content (AvgIpc) is 2.30. The molecule has 0 aliphatic rings. The van der Waals surface area contributed by atoms with Gasteiger partial charge in [0.05, 0.1) is 11.9 Å². The largest absolute Gasteiger partial charge is 0.495 e. The number of ether oxygens (including phenoxy) is 1. The van der Waals surface area contributed by atoms with Crippen molar-refractivity contribution in [2.45, 2.75) is 50.7 Å². The molecular formula is C15H22O4S. The minimum atomic E-state index is -3.66. The van der Waals surface area contributed by atoms with E-state index in [2.05, 4.69) is 0 Å². The molecule has 0 unspecified atom stereocenters. The fourth-order valence-electron chi connectivity index (χ4n) is 2.12. The molecule has 0 N–H and O–H groups in total. The number of methoxy groups -OCH3 is 1. The molecule has 1 aromatic carbocycles. The number of aryl methyl sites for hydroxylation is 2. The number of Topliss-reactive ketones (excluding diaryl/α,β-unsaturated/α-hetero) is 1. The van der Waals surface area contributed by atoms with E-state index in [0.29, 0.717) is 5.75 Å². The molecular weight excluding hydrogens is 276 g/mol. The number of ketones is 1. The molecule has 0 aliphatic carbocycles. The van der Waals surface area contributed by atoms with Crippen molar-refractivity contribution >= 4 is 15.6 Å². The van der Waals surface area contributed by atoms with Crippen LogP contribution in [-0.2, 0) is 14.6 Å². The summed E-state index contributed by atoms with van der Waals surface area (Å²) in [7, 11) is -2.22. The Kier molecular flexibility index (Phi) is 4.64. The molecule has 0 aliphatic heterocycles. The van der Waals surface area contributed by atoms with E-state index in [4.69, 9.17) is 4.74 Å². The zero-order chi connectivity index (χ0) is 15.7. The number of carbonyl (C=O) groups is 1. The maximum absolute atomic E-state index is 12.8. The normalized spacial score (nSPS) is 12.3. The first-order chi connectivity index (χ1) is 9.02. The zero-order valence-electron chi connectivity index (χ0n) is 12.9. The van der Waals surface area contributed by atoms with Gasteiger partial charge in [-0.15, -0.1) is 0 Å². The maximum Gasteiger partial charge on any atom is 0.187 e. The molecule has 112 valence electrons. The third kappa shape index (κ3) is 3.03. The highest BCUT2D eigenvalue weighted by Gasteiger charge is 2.38. The van der Waals surface area contributed by atoms with Gasteiger partial charge in [0, 0.05) is 6.42 Å². The zero-order valence-corrected chi connectivity index (χ0v) is 13.7. The van der Waals surface area contributed by atoms with Crippen molar-refractivity contribution in [2.24, 2.45) is 0 Å². The van der Waals surface area contributed by atoms with Gasteiger partial charge < -0.3 is 4.74 Å². The molecule has 0 atom stereocenters. The predicted molar refractivity (Wildman–Crippen MR) is 79.0 cm³/mol. The lowest BCUT2D eigenvalue weighted by Gasteiger charge is -2.25. The topological polar surface area (TPSA) is 60.4 Å². The Morgan fingerprint density at radius 1 is 1.20 bits per heavy atom. The molecule has 20 heavy (non-hydrogen) atoms. The molecule has 0 saturated carbocycles. The lowest BCUT2D eigenvalue weighted by atomic mass is 10.1. The highest BCUT2D eigenvalue weighted by atomic mass is 32.2. The van der Waals surface area contributed by atoms with Crippen LogP contribution < -0.4 is 4.74 Å². The van der Waals surface area contributed by atoms with E-state index < -0.39 is 14.6 Å². The van der Waals surface area contributed by atoms with Gasteiger partial charge in [-0.05, 0) is 57.9 Å². The van der Waals surface area contributed by atoms with Crippen LogP contribution in [-0.4, -0.2) is 26.1 Å². The number of sulfone groups is 1. The quantitative estimate of drug-likeness (QED) is 0.838. The molecule has 5 heteroatoms. The van der Waals surface area contributed by atoms with E-state index in [1.165, 1.54) is 14.0 Å². The first kappa shape index (κ1) is 16.7. The smallest absolute Gasteiger partial charge is 0.187 e. The van der Waals surface area contributed by atoms with Gasteiger partial charge in [-0.3, -0.25) is 4.79 Å². The van der Waals surface area contributed by atoms with Crippen LogP contribution in [0.25, 0.3) is 0 Å². The lowest BCUT2D eigenvalue weighted by Crippen LogP contribution is -2.34. The van der Waals surface area contributed by atoms with Crippen LogP contribution in [0.5, 0.6) is 5.75 Å². The average molecular weight is 298 g/mol. The molecule has 0 saturated heterocycles. The van der Waals surface area contributed by atoms with Gasteiger partial charge in [0.1, 0.15) is 16.4 Å². The van der Waals surface area contributed by atoms with Gasteiger partial charge in [0.25, 0.3) is 0 Å². The van der Waals surface area contributed by atoms with Crippen LogP contribution in [0.2, 0.25) is 0 Å². The fraction of sp³-hybridized carbons (Fsp3) is 0.533. The van der Waals surface area contributed by atoms with Gasteiger partial charge in [0.15, 0.2) is 9.84 Å². The van der Waals surface area contributed by atoms with Gasteiger partial charge in [-0.2, -0.15) is 0 Å². The van der Waals surface area contributed by atoms with Gasteiger partial charge >= 0.3 is 0 Å². The minimum Gasteiger partial charge on any atom is -0.495 e.